The molecular formula is C17H13Br2F2NO2S. The molecule has 2 aromatic rings. The molecule has 1 aliphatic rings. The second-order valence-electron chi connectivity index (χ2n) is 5.78. The van der Waals surface area contributed by atoms with Gasteiger partial charge in [0, 0.05) is 14.5 Å². The first-order valence-corrected chi connectivity index (χ1v) is 10.5. The first-order valence-electron chi connectivity index (χ1n) is 7.37. The molecule has 0 radical (unpaired) electrons. The van der Waals surface area contributed by atoms with Gasteiger partial charge in [0.2, 0.25) is 10.0 Å². The summed E-state index contributed by atoms with van der Waals surface area (Å²) in [5, 5.41) is 4.92. The van der Waals surface area contributed by atoms with E-state index in [1.165, 1.54) is 0 Å². The van der Waals surface area contributed by atoms with Crippen molar-refractivity contribution in [2.45, 2.75) is 24.2 Å². The van der Waals surface area contributed by atoms with Crippen LogP contribution in [0.4, 0.5) is 8.78 Å². The largest absolute Gasteiger partial charge is 0.241 e. The predicted molar refractivity (Wildman–Crippen MR) is 100 cm³/mol. The molecule has 0 spiro atoms. The van der Waals surface area contributed by atoms with Gasteiger partial charge in [-0.1, -0.05) is 31.9 Å². The number of nitrogens with two attached hydrogens (primary N) is 1. The van der Waals surface area contributed by atoms with Crippen molar-refractivity contribution in [3.63, 3.8) is 0 Å². The normalized spacial score (nSPS) is 15.1. The lowest BCUT2D eigenvalue weighted by Gasteiger charge is -2.12. The lowest BCUT2D eigenvalue weighted by atomic mass is 9.96. The third-order valence-corrected chi connectivity index (χ3v) is 5.92. The van der Waals surface area contributed by atoms with E-state index >= 15 is 0 Å². The molecule has 25 heavy (non-hydrogen) atoms. The zero-order chi connectivity index (χ0) is 18.4. The second kappa shape index (κ2) is 6.90. The zero-order valence-electron chi connectivity index (χ0n) is 12.8. The van der Waals surface area contributed by atoms with Crippen molar-refractivity contribution in [3.05, 3.63) is 62.0 Å². The minimum absolute atomic E-state index is 0.0773. The van der Waals surface area contributed by atoms with E-state index in [9.17, 15) is 17.2 Å². The van der Waals surface area contributed by atoms with Gasteiger partial charge in [0.1, 0.15) is 16.5 Å². The molecule has 0 fully saturated rings. The number of rotatable bonds is 3. The van der Waals surface area contributed by atoms with Crippen LogP contribution in [0, 0.1) is 11.6 Å². The maximum Gasteiger partial charge on any atom is 0.241 e. The van der Waals surface area contributed by atoms with Crippen LogP contribution in [0.15, 0.2) is 44.2 Å². The standard InChI is InChI=1S/C17H13Br2F2NO2S/c18-10-4-9(5-11(19)6-10)12-2-1-3-13(12)14-7-16(21)17(8-15(14)20)25(22,23)24/h4-8H,1-3H2,(H2,22,23,24). The summed E-state index contributed by atoms with van der Waals surface area (Å²) in [5.74, 6) is -1.85. The number of hydrogen-bond donors (Lipinski definition) is 1. The van der Waals surface area contributed by atoms with Crippen molar-refractivity contribution in [2.75, 3.05) is 0 Å². The van der Waals surface area contributed by atoms with E-state index in [4.69, 9.17) is 5.14 Å². The molecule has 1 aliphatic carbocycles. The maximum absolute atomic E-state index is 14.5. The molecule has 132 valence electrons. The Morgan fingerprint density at radius 1 is 0.880 bits per heavy atom. The third kappa shape index (κ3) is 3.86. The number of sulfonamides is 1. The van der Waals surface area contributed by atoms with Crippen molar-refractivity contribution in [1.29, 1.82) is 0 Å². The quantitative estimate of drug-likeness (QED) is 0.637. The highest BCUT2D eigenvalue weighted by Crippen LogP contribution is 2.42. The molecule has 2 aromatic carbocycles. The molecule has 0 amide bonds. The Labute approximate surface area is 161 Å². The summed E-state index contributed by atoms with van der Waals surface area (Å²) >= 11 is 6.85. The van der Waals surface area contributed by atoms with E-state index in [0.717, 1.165) is 39.0 Å². The SMILES string of the molecule is NS(=O)(=O)c1cc(F)c(C2=C(c3cc(Br)cc(Br)c3)CCC2)cc1F. The fourth-order valence-electron chi connectivity index (χ4n) is 3.07. The first-order chi connectivity index (χ1) is 11.7. The number of benzene rings is 2. The van der Waals surface area contributed by atoms with Gasteiger partial charge in [0.05, 0.1) is 0 Å². The van der Waals surface area contributed by atoms with Gasteiger partial charge in [-0.25, -0.2) is 22.3 Å². The summed E-state index contributed by atoms with van der Waals surface area (Å²) in [4.78, 5) is -0.834. The maximum atomic E-state index is 14.5. The molecule has 0 saturated heterocycles. The van der Waals surface area contributed by atoms with Crippen LogP contribution >= 0.6 is 31.9 Å². The molecule has 3 nitrogen and oxygen atoms in total. The predicted octanol–water partition coefficient (Wildman–Crippen LogP) is 5.23. The molecule has 0 unspecified atom stereocenters. The highest BCUT2D eigenvalue weighted by molar-refractivity contribution is 9.11. The van der Waals surface area contributed by atoms with Gasteiger partial charge in [0.15, 0.2) is 0 Å². The van der Waals surface area contributed by atoms with Crippen molar-refractivity contribution < 1.29 is 17.2 Å². The molecule has 0 saturated carbocycles. The summed E-state index contributed by atoms with van der Waals surface area (Å²) in [6, 6.07) is 7.29. The van der Waals surface area contributed by atoms with Gasteiger partial charge in [-0.15, -0.1) is 0 Å². The van der Waals surface area contributed by atoms with Gasteiger partial charge in [-0.2, -0.15) is 0 Å². The van der Waals surface area contributed by atoms with E-state index in [1.807, 2.05) is 18.2 Å². The van der Waals surface area contributed by atoms with Crippen molar-refractivity contribution in [2.24, 2.45) is 5.14 Å². The van der Waals surface area contributed by atoms with Crippen LogP contribution in [0.5, 0.6) is 0 Å². The molecule has 3 rings (SSSR count). The Balaban J connectivity index is 2.19. The summed E-state index contributed by atoms with van der Waals surface area (Å²) < 4.78 is 53.1. The highest BCUT2D eigenvalue weighted by atomic mass is 79.9. The lowest BCUT2D eigenvalue weighted by Crippen LogP contribution is -2.15. The zero-order valence-corrected chi connectivity index (χ0v) is 16.8. The van der Waals surface area contributed by atoms with Crippen LogP contribution in [0.25, 0.3) is 11.1 Å². The van der Waals surface area contributed by atoms with Gasteiger partial charge >= 0.3 is 0 Å². The highest BCUT2D eigenvalue weighted by Gasteiger charge is 2.24. The molecule has 0 atom stereocenters. The van der Waals surface area contributed by atoms with Crippen LogP contribution in [0.1, 0.15) is 30.4 Å². The number of halogens is 4. The number of hydrogen-bond acceptors (Lipinski definition) is 2. The topological polar surface area (TPSA) is 60.2 Å². The average Bonchev–Trinajstić information content (AvgIpc) is 2.96. The van der Waals surface area contributed by atoms with Crippen molar-refractivity contribution in [1.82, 2.24) is 0 Å². The van der Waals surface area contributed by atoms with Crippen molar-refractivity contribution >= 4 is 53.0 Å². The summed E-state index contributed by atoms with van der Waals surface area (Å²) in [6.07, 6.45) is 2.13. The van der Waals surface area contributed by atoms with E-state index in [2.05, 4.69) is 31.9 Å². The fraction of sp³-hybridized carbons (Fsp3) is 0.176. The molecule has 0 aromatic heterocycles. The van der Waals surface area contributed by atoms with E-state index in [1.54, 1.807) is 0 Å². The molecule has 0 aliphatic heterocycles. The monoisotopic (exact) mass is 491 g/mol. The summed E-state index contributed by atoms with van der Waals surface area (Å²) in [6.45, 7) is 0. The van der Waals surface area contributed by atoms with E-state index in [0.29, 0.717) is 18.1 Å². The van der Waals surface area contributed by atoms with Crippen LogP contribution in [-0.4, -0.2) is 8.42 Å². The number of primary sulfonamides is 1. The Kier molecular flexibility index (Phi) is 5.16. The van der Waals surface area contributed by atoms with Crippen LogP contribution < -0.4 is 5.14 Å². The van der Waals surface area contributed by atoms with E-state index in [-0.39, 0.29) is 5.56 Å². The molecule has 0 bridgehead atoms. The lowest BCUT2D eigenvalue weighted by molar-refractivity contribution is 0.552. The smallest absolute Gasteiger partial charge is 0.225 e. The van der Waals surface area contributed by atoms with Crippen molar-refractivity contribution in [3.8, 4) is 0 Å². The van der Waals surface area contributed by atoms with Gasteiger partial charge in [-0.3, -0.25) is 0 Å². The van der Waals surface area contributed by atoms with Crippen LogP contribution in [0.2, 0.25) is 0 Å². The molecule has 0 heterocycles. The number of allylic oxidation sites excluding steroid dienone is 2. The Morgan fingerprint density at radius 3 is 2.08 bits per heavy atom. The summed E-state index contributed by atoms with van der Waals surface area (Å²) in [5.41, 5.74) is 2.59. The van der Waals surface area contributed by atoms with Gasteiger partial charge in [0.25, 0.3) is 0 Å². The van der Waals surface area contributed by atoms with E-state index < -0.39 is 26.6 Å². The molecule has 8 heteroatoms. The molecular weight excluding hydrogens is 480 g/mol. The van der Waals surface area contributed by atoms with Crippen LogP contribution in [0.3, 0.4) is 0 Å². The minimum atomic E-state index is -4.32. The Morgan fingerprint density at radius 2 is 1.48 bits per heavy atom. The Bertz CT molecular complexity index is 984. The fourth-order valence-corrected chi connectivity index (χ4v) is 4.96. The average molecular weight is 493 g/mol. The van der Waals surface area contributed by atoms with Gasteiger partial charge in [-0.05, 0) is 66.3 Å². The second-order valence-corrected chi connectivity index (χ2v) is 9.14. The first kappa shape index (κ1) is 18.7. The van der Waals surface area contributed by atoms with Gasteiger partial charge < -0.3 is 0 Å². The third-order valence-electron chi connectivity index (χ3n) is 4.08. The Hall–Kier alpha value is -1.09. The summed E-state index contributed by atoms with van der Waals surface area (Å²) in [7, 11) is -4.32. The molecule has 2 N–H and O–H groups in total. The minimum Gasteiger partial charge on any atom is -0.225 e. The van der Waals surface area contributed by atoms with Crippen LogP contribution in [-0.2, 0) is 10.0 Å².